The maximum Gasteiger partial charge on any atom is 0.0438 e. The lowest BCUT2D eigenvalue weighted by molar-refractivity contribution is 0.164. The second-order valence-corrected chi connectivity index (χ2v) is 6.57. The second-order valence-electron chi connectivity index (χ2n) is 6.57. The van der Waals surface area contributed by atoms with Crippen LogP contribution in [0.4, 0.5) is 0 Å². The first-order chi connectivity index (χ1) is 8.34. The van der Waals surface area contributed by atoms with E-state index in [1.165, 1.54) is 35.1 Å². The predicted molar refractivity (Wildman–Crippen MR) is 78.7 cm³/mol. The van der Waals surface area contributed by atoms with Crippen molar-refractivity contribution in [3.05, 3.63) is 34.4 Å². The first-order valence-corrected chi connectivity index (χ1v) is 7.22. The summed E-state index contributed by atoms with van der Waals surface area (Å²) in [7, 11) is 0. The summed E-state index contributed by atoms with van der Waals surface area (Å²) >= 11 is 0. The zero-order chi connectivity index (χ0) is 13.5. The molecule has 1 saturated carbocycles. The molecule has 18 heavy (non-hydrogen) atoms. The summed E-state index contributed by atoms with van der Waals surface area (Å²) in [5.74, 6) is 1.39. The van der Waals surface area contributed by atoms with Gasteiger partial charge in [-0.25, -0.2) is 0 Å². The molecule has 0 heterocycles. The molecular formula is C17H27N. The molecule has 1 aliphatic rings. The monoisotopic (exact) mass is 245 g/mol. The van der Waals surface area contributed by atoms with Gasteiger partial charge in [0, 0.05) is 5.54 Å². The van der Waals surface area contributed by atoms with Crippen LogP contribution < -0.4 is 5.73 Å². The van der Waals surface area contributed by atoms with Crippen molar-refractivity contribution in [2.45, 2.75) is 59.4 Å². The fourth-order valence-electron chi connectivity index (χ4n) is 3.53. The van der Waals surface area contributed by atoms with Gasteiger partial charge in [-0.05, 0) is 74.1 Å². The molecule has 0 amide bonds. The van der Waals surface area contributed by atoms with Crippen LogP contribution in [-0.4, -0.2) is 0 Å². The summed E-state index contributed by atoms with van der Waals surface area (Å²) in [6.07, 6.45) is 3.63. The lowest BCUT2D eigenvalue weighted by atomic mass is 9.66. The Kier molecular flexibility index (Phi) is 3.55. The highest BCUT2D eigenvalue weighted by Gasteiger charge is 2.39. The van der Waals surface area contributed by atoms with Gasteiger partial charge in [0.1, 0.15) is 0 Å². The fourth-order valence-corrected chi connectivity index (χ4v) is 3.53. The third-order valence-electron chi connectivity index (χ3n) is 5.03. The van der Waals surface area contributed by atoms with Gasteiger partial charge in [0.25, 0.3) is 0 Å². The lowest BCUT2D eigenvalue weighted by Gasteiger charge is -2.43. The van der Waals surface area contributed by atoms with Crippen LogP contribution in [0.25, 0.3) is 0 Å². The smallest absolute Gasteiger partial charge is 0.0438 e. The maximum atomic E-state index is 6.81. The van der Waals surface area contributed by atoms with Gasteiger partial charge in [0.2, 0.25) is 0 Å². The Bertz CT molecular complexity index is 449. The average molecular weight is 245 g/mol. The van der Waals surface area contributed by atoms with Crippen LogP contribution in [0.3, 0.4) is 0 Å². The van der Waals surface area contributed by atoms with E-state index in [2.05, 4.69) is 46.8 Å². The average Bonchev–Trinajstić information content (AvgIpc) is 2.29. The molecule has 100 valence electrons. The highest BCUT2D eigenvalue weighted by molar-refractivity contribution is 5.41. The molecule has 3 unspecified atom stereocenters. The van der Waals surface area contributed by atoms with Crippen LogP contribution in [0.1, 0.15) is 55.4 Å². The Labute approximate surface area is 112 Å². The van der Waals surface area contributed by atoms with Crippen molar-refractivity contribution in [1.29, 1.82) is 0 Å². The van der Waals surface area contributed by atoms with E-state index in [1.54, 1.807) is 0 Å². The van der Waals surface area contributed by atoms with Crippen molar-refractivity contribution in [1.82, 2.24) is 0 Å². The Morgan fingerprint density at radius 1 is 1.06 bits per heavy atom. The van der Waals surface area contributed by atoms with Gasteiger partial charge in [0.05, 0.1) is 0 Å². The minimum absolute atomic E-state index is 0.116. The van der Waals surface area contributed by atoms with E-state index in [1.807, 2.05) is 0 Å². The van der Waals surface area contributed by atoms with E-state index in [0.717, 1.165) is 12.3 Å². The number of nitrogens with two attached hydrogens (primary N) is 1. The summed E-state index contributed by atoms with van der Waals surface area (Å²) in [5.41, 5.74) is 12.2. The molecule has 2 N–H and O–H groups in total. The van der Waals surface area contributed by atoms with Gasteiger partial charge < -0.3 is 5.73 Å². The van der Waals surface area contributed by atoms with Crippen LogP contribution in [0, 0.1) is 32.6 Å². The number of aryl methyl sites for hydroxylation is 3. The third-order valence-corrected chi connectivity index (χ3v) is 5.03. The van der Waals surface area contributed by atoms with Crippen molar-refractivity contribution >= 4 is 0 Å². The predicted octanol–water partition coefficient (Wildman–Crippen LogP) is 4.22. The van der Waals surface area contributed by atoms with E-state index in [9.17, 15) is 0 Å². The van der Waals surface area contributed by atoms with E-state index in [4.69, 9.17) is 5.73 Å². The van der Waals surface area contributed by atoms with Crippen molar-refractivity contribution in [3.8, 4) is 0 Å². The fraction of sp³-hybridized carbons (Fsp3) is 0.647. The van der Waals surface area contributed by atoms with E-state index in [-0.39, 0.29) is 5.54 Å². The minimum Gasteiger partial charge on any atom is -0.321 e. The Morgan fingerprint density at radius 2 is 1.67 bits per heavy atom. The van der Waals surface area contributed by atoms with Crippen LogP contribution >= 0.6 is 0 Å². The van der Waals surface area contributed by atoms with Crippen molar-refractivity contribution in [2.24, 2.45) is 17.6 Å². The van der Waals surface area contributed by atoms with Gasteiger partial charge >= 0.3 is 0 Å². The molecule has 3 atom stereocenters. The van der Waals surface area contributed by atoms with Crippen molar-refractivity contribution < 1.29 is 0 Å². The summed E-state index contributed by atoms with van der Waals surface area (Å²) in [6, 6.07) is 4.63. The normalized spacial score (nSPS) is 32.6. The largest absolute Gasteiger partial charge is 0.321 e. The highest BCUT2D eigenvalue weighted by atomic mass is 14.8. The summed E-state index contributed by atoms with van der Waals surface area (Å²) < 4.78 is 0. The molecular weight excluding hydrogens is 218 g/mol. The molecule has 0 spiro atoms. The zero-order valence-electron chi connectivity index (χ0n) is 12.5. The van der Waals surface area contributed by atoms with Gasteiger partial charge in [0.15, 0.2) is 0 Å². The van der Waals surface area contributed by atoms with Gasteiger partial charge in [-0.2, -0.15) is 0 Å². The SMILES string of the molecule is Cc1cc(C)c(C2(N)CCC(C)CC2C)cc1C. The molecule has 0 radical (unpaired) electrons. The van der Waals surface area contributed by atoms with Gasteiger partial charge in [-0.15, -0.1) is 0 Å². The van der Waals surface area contributed by atoms with Gasteiger partial charge in [-0.3, -0.25) is 0 Å². The van der Waals surface area contributed by atoms with E-state index >= 15 is 0 Å². The molecule has 1 aromatic rings. The third kappa shape index (κ3) is 2.21. The van der Waals surface area contributed by atoms with Crippen molar-refractivity contribution in [2.75, 3.05) is 0 Å². The Hall–Kier alpha value is -0.820. The molecule has 2 rings (SSSR count). The molecule has 0 saturated heterocycles. The Balaban J connectivity index is 2.44. The highest BCUT2D eigenvalue weighted by Crippen LogP contribution is 2.43. The molecule has 0 bridgehead atoms. The van der Waals surface area contributed by atoms with E-state index < -0.39 is 0 Å². The zero-order valence-corrected chi connectivity index (χ0v) is 12.5. The molecule has 1 aromatic carbocycles. The molecule has 0 aliphatic heterocycles. The molecule has 1 nitrogen and oxygen atoms in total. The standard InChI is InChI=1S/C17H27N/c1-11-6-7-17(18,15(5)8-11)16-10-13(3)12(2)9-14(16)4/h9-11,15H,6-8,18H2,1-5H3. The van der Waals surface area contributed by atoms with Crippen LogP contribution in [-0.2, 0) is 5.54 Å². The lowest BCUT2D eigenvalue weighted by Crippen LogP contribution is -2.47. The quantitative estimate of drug-likeness (QED) is 0.787. The first kappa shape index (κ1) is 13.6. The molecule has 1 heteroatoms. The minimum atomic E-state index is -0.116. The van der Waals surface area contributed by atoms with E-state index in [0.29, 0.717) is 5.92 Å². The van der Waals surface area contributed by atoms with Gasteiger partial charge in [-0.1, -0.05) is 26.0 Å². The number of benzene rings is 1. The molecule has 1 aliphatic carbocycles. The maximum absolute atomic E-state index is 6.81. The van der Waals surface area contributed by atoms with Crippen LogP contribution in [0.2, 0.25) is 0 Å². The Morgan fingerprint density at radius 3 is 2.28 bits per heavy atom. The van der Waals surface area contributed by atoms with Crippen molar-refractivity contribution in [3.63, 3.8) is 0 Å². The summed E-state index contributed by atoms with van der Waals surface area (Å²) in [4.78, 5) is 0. The summed E-state index contributed by atoms with van der Waals surface area (Å²) in [6.45, 7) is 11.3. The molecule has 1 fully saturated rings. The molecule has 0 aromatic heterocycles. The summed E-state index contributed by atoms with van der Waals surface area (Å²) in [5, 5.41) is 0. The topological polar surface area (TPSA) is 26.0 Å². The number of rotatable bonds is 1. The second kappa shape index (κ2) is 4.70. The number of hydrogen-bond donors (Lipinski definition) is 1. The number of hydrogen-bond acceptors (Lipinski definition) is 1. The first-order valence-electron chi connectivity index (χ1n) is 7.22. The van der Waals surface area contributed by atoms with Crippen LogP contribution in [0.5, 0.6) is 0 Å². The van der Waals surface area contributed by atoms with Crippen LogP contribution in [0.15, 0.2) is 12.1 Å².